The molecule has 21 heavy (non-hydrogen) atoms. The molecule has 2 aromatic carbocycles. The number of nitrogens with zero attached hydrogens (tertiary/aromatic N) is 1. The number of ether oxygens (including phenoxy) is 1. The maximum atomic E-state index is 10.7. The van der Waals surface area contributed by atoms with E-state index < -0.39 is 6.10 Å². The first-order valence-electron chi connectivity index (χ1n) is 6.89. The molecule has 0 radical (unpaired) electrons. The van der Waals surface area contributed by atoms with E-state index in [0.29, 0.717) is 6.61 Å². The molecule has 1 N–H and O–H groups in total. The van der Waals surface area contributed by atoms with Gasteiger partial charge in [0, 0.05) is 18.7 Å². The standard InChI is InChI=1S/C18H17NO2/c1-21-12-15-5-2-3-7-16(15)18(20)14-8-9-17-13(11-14)6-4-10-19-17/h2-11,18,20H,12H2,1H3. The van der Waals surface area contributed by atoms with Crippen molar-refractivity contribution in [3.05, 3.63) is 77.5 Å². The van der Waals surface area contributed by atoms with Gasteiger partial charge in [0.25, 0.3) is 0 Å². The van der Waals surface area contributed by atoms with Crippen LogP contribution in [0.1, 0.15) is 22.8 Å². The van der Waals surface area contributed by atoms with Crippen molar-refractivity contribution in [2.24, 2.45) is 0 Å². The van der Waals surface area contributed by atoms with Gasteiger partial charge in [-0.25, -0.2) is 0 Å². The lowest BCUT2D eigenvalue weighted by Gasteiger charge is -2.16. The summed E-state index contributed by atoms with van der Waals surface area (Å²) in [6.07, 6.45) is 1.10. The lowest BCUT2D eigenvalue weighted by Crippen LogP contribution is -2.04. The van der Waals surface area contributed by atoms with Crippen molar-refractivity contribution in [2.75, 3.05) is 7.11 Å². The van der Waals surface area contributed by atoms with E-state index in [2.05, 4.69) is 4.98 Å². The zero-order valence-corrected chi connectivity index (χ0v) is 11.9. The molecule has 0 spiro atoms. The minimum atomic E-state index is -0.666. The highest BCUT2D eigenvalue weighted by Gasteiger charge is 2.14. The van der Waals surface area contributed by atoms with Crippen LogP contribution in [0.5, 0.6) is 0 Å². The number of methoxy groups -OCH3 is 1. The van der Waals surface area contributed by atoms with Gasteiger partial charge in [0.15, 0.2) is 0 Å². The number of fused-ring (bicyclic) bond motifs is 1. The van der Waals surface area contributed by atoms with Crippen LogP contribution < -0.4 is 0 Å². The van der Waals surface area contributed by atoms with Crippen LogP contribution in [-0.2, 0) is 11.3 Å². The number of rotatable bonds is 4. The molecule has 3 rings (SSSR count). The van der Waals surface area contributed by atoms with E-state index in [0.717, 1.165) is 27.6 Å². The van der Waals surface area contributed by atoms with Gasteiger partial charge in [-0.2, -0.15) is 0 Å². The van der Waals surface area contributed by atoms with Crippen molar-refractivity contribution in [2.45, 2.75) is 12.7 Å². The smallest absolute Gasteiger partial charge is 0.104 e. The molecule has 0 amide bonds. The summed E-state index contributed by atoms with van der Waals surface area (Å²) in [6.45, 7) is 0.488. The molecule has 0 saturated carbocycles. The highest BCUT2D eigenvalue weighted by Crippen LogP contribution is 2.27. The normalized spacial score (nSPS) is 12.5. The number of hydrogen-bond donors (Lipinski definition) is 1. The molecule has 3 nitrogen and oxygen atoms in total. The summed E-state index contributed by atoms with van der Waals surface area (Å²) >= 11 is 0. The summed E-state index contributed by atoms with van der Waals surface area (Å²) < 4.78 is 5.20. The lowest BCUT2D eigenvalue weighted by atomic mass is 9.96. The van der Waals surface area contributed by atoms with Gasteiger partial charge in [-0.15, -0.1) is 0 Å². The molecule has 0 fully saturated rings. The Bertz CT molecular complexity index is 755. The Hall–Kier alpha value is -2.23. The molecule has 0 aliphatic carbocycles. The summed E-state index contributed by atoms with van der Waals surface area (Å²) in [4.78, 5) is 4.30. The summed E-state index contributed by atoms with van der Waals surface area (Å²) in [5.74, 6) is 0. The third-order valence-corrected chi connectivity index (χ3v) is 3.59. The summed E-state index contributed by atoms with van der Waals surface area (Å²) in [5.41, 5.74) is 3.67. The SMILES string of the molecule is COCc1ccccc1C(O)c1ccc2ncccc2c1. The molecule has 1 atom stereocenters. The second-order valence-electron chi connectivity index (χ2n) is 4.99. The van der Waals surface area contributed by atoms with E-state index in [4.69, 9.17) is 4.74 Å². The average Bonchev–Trinajstić information content (AvgIpc) is 2.54. The second-order valence-corrected chi connectivity index (χ2v) is 4.99. The van der Waals surface area contributed by atoms with Gasteiger partial charge < -0.3 is 9.84 Å². The van der Waals surface area contributed by atoms with Crippen LogP contribution in [0.2, 0.25) is 0 Å². The molecular formula is C18H17NO2. The minimum Gasteiger partial charge on any atom is -0.384 e. The van der Waals surface area contributed by atoms with E-state index in [-0.39, 0.29) is 0 Å². The molecule has 0 aliphatic rings. The number of hydrogen-bond acceptors (Lipinski definition) is 3. The third kappa shape index (κ3) is 2.79. The highest BCUT2D eigenvalue weighted by atomic mass is 16.5. The topological polar surface area (TPSA) is 42.4 Å². The van der Waals surface area contributed by atoms with E-state index in [9.17, 15) is 5.11 Å². The van der Waals surface area contributed by atoms with Crippen molar-refractivity contribution in [3.63, 3.8) is 0 Å². The molecule has 3 aromatic rings. The minimum absolute atomic E-state index is 0.488. The molecule has 3 heteroatoms. The Morgan fingerprint density at radius 2 is 1.95 bits per heavy atom. The lowest BCUT2D eigenvalue weighted by molar-refractivity contribution is 0.176. The van der Waals surface area contributed by atoms with Crippen LogP contribution in [0.3, 0.4) is 0 Å². The predicted octanol–water partition coefficient (Wildman–Crippen LogP) is 3.46. The van der Waals surface area contributed by atoms with Crippen molar-refractivity contribution in [3.8, 4) is 0 Å². The van der Waals surface area contributed by atoms with Crippen LogP contribution >= 0.6 is 0 Å². The zero-order chi connectivity index (χ0) is 14.7. The first-order chi connectivity index (χ1) is 10.3. The number of aliphatic hydroxyl groups is 1. The van der Waals surface area contributed by atoms with E-state index >= 15 is 0 Å². The Labute approximate surface area is 123 Å². The Morgan fingerprint density at radius 1 is 1.10 bits per heavy atom. The van der Waals surface area contributed by atoms with E-state index in [1.54, 1.807) is 13.3 Å². The van der Waals surface area contributed by atoms with E-state index in [1.165, 1.54) is 0 Å². The fraction of sp³-hybridized carbons (Fsp3) is 0.167. The molecular weight excluding hydrogens is 262 g/mol. The van der Waals surface area contributed by atoms with Crippen LogP contribution in [0.25, 0.3) is 10.9 Å². The monoisotopic (exact) mass is 279 g/mol. The van der Waals surface area contributed by atoms with Gasteiger partial charge in [-0.1, -0.05) is 36.4 Å². The van der Waals surface area contributed by atoms with Gasteiger partial charge in [0.1, 0.15) is 6.10 Å². The molecule has 0 aliphatic heterocycles. The maximum absolute atomic E-state index is 10.7. The van der Waals surface area contributed by atoms with Crippen LogP contribution in [-0.4, -0.2) is 17.2 Å². The van der Waals surface area contributed by atoms with Crippen LogP contribution in [0.4, 0.5) is 0 Å². The van der Waals surface area contributed by atoms with Crippen molar-refractivity contribution >= 4 is 10.9 Å². The maximum Gasteiger partial charge on any atom is 0.104 e. The van der Waals surface area contributed by atoms with Gasteiger partial charge in [-0.05, 0) is 34.9 Å². The third-order valence-electron chi connectivity index (χ3n) is 3.59. The van der Waals surface area contributed by atoms with Crippen molar-refractivity contribution in [1.29, 1.82) is 0 Å². The Morgan fingerprint density at radius 3 is 2.81 bits per heavy atom. The van der Waals surface area contributed by atoms with Gasteiger partial charge in [-0.3, -0.25) is 4.98 Å². The number of benzene rings is 2. The fourth-order valence-corrected chi connectivity index (χ4v) is 2.53. The van der Waals surface area contributed by atoms with Crippen molar-refractivity contribution in [1.82, 2.24) is 4.98 Å². The van der Waals surface area contributed by atoms with Crippen molar-refractivity contribution < 1.29 is 9.84 Å². The van der Waals surface area contributed by atoms with Crippen LogP contribution in [0, 0.1) is 0 Å². The Kier molecular flexibility index (Phi) is 3.95. The summed E-state index contributed by atoms with van der Waals surface area (Å²) in [5, 5.41) is 11.7. The van der Waals surface area contributed by atoms with E-state index in [1.807, 2.05) is 54.6 Å². The Balaban J connectivity index is 2.02. The molecule has 0 bridgehead atoms. The summed E-state index contributed by atoms with van der Waals surface area (Å²) in [6, 6.07) is 17.5. The van der Waals surface area contributed by atoms with Gasteiger partial charge >= 0.3 is 0 Å². The first-order valence-corrected chi connectivity index (χ1v) is 6.89. The quantitative estimate of drug-likeness (QED) is 0.795. The van der Waals surface area contributed by atoms with Crippen LogP contribution in [0.15, 0.2) is 60.8 Å². The predicted molar refractivity (Wildman–Crippen MR) is 83.0 cm³/mol. The average molecular weight is 279 g/mol. The largest absolute Gasteiger partial charge is 0.384 e. The molecule has 1 aromatic heterocycles. The van der Waals surface area contributed by atoms with Gasteiger partial charge in [0.2, 0.25) is 0 Å². The highest BCUT2D eigenvalue weighted by molar-refractivity contribution is 5.79. The summed E-state index contributed by atoms with van der Waals surface area (Å²) in [7, 11) is 1.66. The number of aliphatic hydroxyl groups excluding tert-OH is 1. The molecule has 1 heterocycles. The molecule has 1 unspecified atom stereocenters. The van der Waals surface area contributed by atoms with Gasteiger partial charge in [0.05, 0.1) is 12.1 Å². The molecule has 0 saturated heterocycles. The first kappa shape index (κ1) is 13.7. The molecule has 106 valence electrons. The zero-order valence-electron chi connectivity index (χ0n) is 11.9. The number of pyridine rings is 1. The number of aromatic nitrogens is 1. The fourth-order valence-electron chi connectivity index (χ4n) is 2.53. The second kappa shape index (κ2) is 6.04.